The Morgan fingerprint density at radius 3 is 3.05 bits per heavy atom. The van der Waals surface area contributed by atoms with Gasteiger partial charge in [-0.2, -0.15) is 5.10 Å². The molecule has 1 aromatic rings. The van der Waals surface area contributed by atoms with E-state index in [-0.39, 0.29) is 5.91 Å². The van der Waals surface area contributed by atoms with Crippen molar-refractivity contribution in [2.45, 2.75) is 57.9 Å². The van der Waals surface area contributed by atoms with Crippen molar-refractivity contribution < 1.29 is 4.79 Å². The number of aryl methyl sites for hydroxylation is 1. The van der Waals surface area contributed by atoms with Crippen LogP contribution in [0.1, 0.15) is 60.8 Å². The molecule has 1 saturated heterocycles. The fourth-order valence-corrected chi connectivity index (χ4v) is 3.68. The highest BCUT2D eigenvalue weighted by molar-refractivity contribution is 5.94. The zero-order valence-electron chi connectivity index (χ0n) is 13.0. The van der Waals surface area contributed by atoms with E-state index in [1.165, 1.54) is 37.8 Å². The number of H-pyrrole nitrogens is 1. The van der Waals surface area contributed by atoms with Crippen molar-refractivity contribution in [3.05, 3.63) is 17.0 Å². The lowest BCUT2D eigenvalue weighted by Gasteiger charge is -2.22. The first kappa shape index (κ1) is 14.6. The number of likely N-dealkylation sites (tertiary alicyclic amines) is 1. The van der Waals surface area contributed by atoms with E-state index < -0.39 is 0 Å². The Hall–Kier alpha value is -1.36. The van der Waals surface area contributed by atoms with E-state index in [0.29, 0.717) is 11.7 Å². The molecular weight excluding hydrogens is 264 g/mol. The predicted molar refractivity (Wildman–Crippen MR) is 82.4 cm³/mol. The second kappa shape index (κ2) is 6.60. The Kier molecular flexibility index (Phi) is 4.58. The summed E-state index contributed by atoms with van der Waals surface area (Å²) in [4.78, 5) is 14.9. The van der Waals surface area contributed by atoms with Gasteiger partial charge in [-0.3, -0.25) is 14.8 Å². The topological polar surface area (TPSA) is 61.0 Å². The summed E-state index contributed by atoms with van der Waals surface area (Å²) in [6.45, 7) is 5.16. The number of aromatic nitrogens is 2. The molecule has 3 rings (SSSR count). The molecule has 1 amide bonds. The molecule has 21 heavy (non-hydrogen) atoms. The molecule has 2 N–H and O–H groups in total. The predicted octanol–water partition coefficient (Wildman–Crippen LogP) is 1.89. The Balaban J connectivity index is 1.62. The molecule has 116 valence electrons. The van der Waals surface area contributed by atoms with E-state index in [4.69, 9.17) is 0 Å². The molecule has 5 heteroatoms. The lowest BCUT2D eigenvalue weighted by atomic mass is 10.1. The number of fused-ring (bicyclic) bond motifs is 1. The third-order valence-corrected chi connectivity index (χ3v) is 4.92. The van der Waals surface area contributed by atoms with Crippen LogP contribution in [0.4, 0.5) is 0 Å². The highest BCUT2D eigenvalue weighted by Crippen LogP contribution is 2.22. The van der Waals surface area contributed by atoms with E-state index in [1.807, 2.05) is 0 Å². The zero-order valence-corrected chi connectivity index (χ0v) is 13.0. The van der Waals surface area contributed by atoms with Crippen molar-refractivity contribution in [1.29, 1.82) is 0 Å². The van der Waals surface area contributed by atoms with Crippen molar-refractivity contribution in [2.24, 2.45) is 0 Å². The molecule has 5 nitrogen and oxygen atoms in total. The molecule has 1 atom stereocenters. The van der Waals surface area contributed by atoms with Crippen LogP contribution in [0, 0.1) is 0 Å². The number of carbonyl (C=O) groups excluding carboxylic acids is 1. The molecule has 0 spiro atoms. The van der Waals surface area contributed by atoms with Gasteiger partial charge in [-0.25, -0.2) is 0 Å². The fraction of sp³-hybridized carbons (Fsp3) is 0.750. The summed E-state index contributed by atoms with van der Waals surface area (Å²) in [5.41, 5.74) is 2.96. The Morgan fingerprint density at radius 2 is 2.19 bits per heavy atom. The van der Waals surface area contributed by atoms with Gasteiger partial charge in [0.25, 0.3) is 5.91 Å². The van der Waals surface area contributed by atoms with Gasteiger partial charge in [0.05, 0.1) is 0 Å². The number of hydrogen-bond donors (Lipinski definition) is 2. The van der Waals surface area contributed by atoms with Gasteiger partial charge in [-0.1, -0.05) is 13.3 Å². The second-order valence-electron chi connectivity index (χ2n) is 6.22. The van der Waals surface area contributed by atoms with Crippen LogP contribution < -0.4 is 5.32 Å². The van der Waals surface area contributed by atoms with Crippen molar-refractivity contribution >= 4 is 5.91 Å². The van der Waals surface area contributed by atoms with E-state index in [0.717, 1.165) is 38.0 Å². The number of rotatable bonds is 4. The fourth-order valence-electron chi connectivity index (χ4n) is 3.68. The van der Waals surface area contributed by atoms with Crippen LogP contribution in [-0.4, -0.2) is 46.7 Å². The third-order valence-electron chi connectivity index (χ3n) is 4.92. The normalized spacial score (nSPS) is 22.8. The van der Waals surface area contributed by atoms with Crippen LogP contribution in [0.2, 0.25) is 0 Å². The summed E-state index contributed by atoms with van der Waals surface area (Å²) < 4.78 is 0. The van der Waals surface area contributed by atoms with Gasteiger partial charge in [-0.05, 0) is 51.6 Å². The monoisotopic (exact) mass is 290 g/mol. The molecule has 1 fully saturated rings. The average Bonchev–Trinajstić information content (AvgIpc) is 3.05. The van der Waals surface area contributed by atoms with Gasteiger partial charge < -0.3 is 5.32 Å². The number of nitrogens with one attached hydrogen (secondary N) is 2. The Labute approximate surface area is 126 Å². The molecule has 0 aromatic carbocycles. The Morgan fingerprint density at radius 1 is 1.33 bits per heavy atom. The van der Waals surface area contributed by atoms with Crippen LogP contribution in [0.25, 0.3) is 0 Å². The number of carbonyl (C=O) groups is 1. The number of likely N-dealkylation sites (N-methyl/N-ethyl adjacent to an activating group) is 1. The minimum absolute atomic E-state index is 0.00245. The number of hydrogen-bond acceptors (Lipinski definition) is 3. The summed E-state index contributed by atoms with van der Waals surface area (Å²) in [5, 5.41) is 10.4. The van der Waals surface area contributed by atoms with Crippen LogP contribution in [0.3, 0.4) is 0 Å². The Bertz CT molecular complexity index is 496. The first-order chi connectivity index (χ1) is 10.3. The van der Waals surface area contributed by atoms with Crippen LogP contribution in [0.5, 0.6) is 0 Å². The summed E-state index contributed by atoms with van der Waals surface area (Å²) in [6.07, 6.45) is 8.06. The molecular formula is C16H26N4O. The lowest BCUT2D eigenvalue weighted by Crippen LogP contribution is -2.40. The van der Waals surface area contributed by atoms with Crippen molar-refractivity contribution in [1.82, 2.24) is 20.4 Å². The minimum atomic E-state index is -0.00245. The highest BCUT2D eigenvalue weighted by atomic mass is 16.1. The molecule has 1 aliphatic heterocycles. The SMILES string of the molecule is CCN1CCCC1CNC(=O)c1n[nH]c2c1CCCCC2. The maximum Gasteiger partial charge on any atom is 0.272 e. The minimum Gasteiger partial charge on any atom is -0.349 e. The van der Waals surface area contributed by atoms with E-state index in [9.17, 15) is 4.79 Å². The molecule has 1 aromatic heterocycles. The van der Waals surface area contributed by atoms with Crippen LogP contribution >= 0.6 is 0 Å². The first-order valence-corrected chi connectivity index (χ1v) is 8.38. The smallest absolute Gasteiger partial charge is 0.272 e. The van der Waals surface area contributed by atoms with Gasteiger partial charge in [0, 0.05) is 23.8 Å². The maximum absolute atomic E-state index is 12.4. The summed E-state index contributed by atoms with van der Waals surface area (Å²) in [6, 6.07) is 0.497. The third kappa shape index (κ3) is 3.12. The highest BCUT2D eigenvalue weighted by Gasteiger charge is 2.25. The van der Waals surface area contributed by atoms with Crippen molar-refractivity contribution in [2.75, 3.05) is 19.6 Å². The van der Waals surface area contributed by atoms with E-state index >= 15 is 0 Å². The number of amides is 1. The van der Waals surface area contributed by atoms with E-state index in [1.54, 1.807) is 0 Å². The second-order valence-corrected chi connectivity index (χ2v) is 6.22. The molecule has 0 radical (unpaired) electrons. The molecule has 2 aliphatic rings. The van der Waals surface area contributed by atoms with Gasteiger partial charge in [-0.15, -0.1) is 0 Å². The van der Waals surface area contributed by atoms with Gasteiger partial charge >= 0.3 is 0 Å². The average molecular weight is 290 g/mol. The molecule has 0 saturated carbocycles. The van der Waals surface area contributed by atoms with Crippen LogP contribution in [-0.2, 0) is 12.8 Å². The van der Waals surface area contributed by atoms with Crippen LogP contribution in [0.15, 0.2) is 0 Å². The molecule has 2 heterocycles. The summed E-state index contributed by atoms with van der Waals surface area (Å²) >= 11 is 0. The number of aromatic amines is 1. The maximum atomic E-state index is 12.4. The van der Waals surface area contributed by atoms with Crippen molar-refractivity contribution in [3.63, 3.8) is 0 Å². The van der Waals surface area contributed by atoms with Gasteiger partial charge in [0.1, 0.15) is 0 Å². The van der Waals surface area contributed by atoms with Crippen molar-refractivity contribution in [3.8, 4) is 0 Å². The molecule has 1 unspecified atom stereocenters. The summed E-state index contributed by atoms with van der Waals surface area (Å²) in [7, 11) is 0. The lowest BCUT2D eigenvalue weighted by molar-refractivity contribution is 0.0935. The largest absolute Gasteiger partial charge is 0.349 e. The van der Waals surface area contributed by atoms with Gasteiger partial charge in [0.15, 0.2) is 5.69 Å². The number of nitrogens with zero attached hydrogens (tertiary/aromatic N) is 2. The summed E-state index contributed by atoms with van der Waals surface area (Å²) in [5.74, 6) is -0.00245. The van der Waals surface area contributed by atoms with E-state index in [2.05, 4.69) is 27.3 Å². The quantitative estimate of drug-likeness (QED) is 0.833. The van der Waals surface area contributed by atoms with Gasteiger partial charge in [0.2, 0.25) is 0 Å². The molecule has 1 aliphatic carbocycles. The molecule has 0 bridgehead atoms. The first-order valence-electron chi connectivity index (χ1n) is 8.38. The standard InChI is InChI=1S/C16H26N4O/c1-2-20-10-6-7-12(20)11-17-16(21)15-13-8-4-3-5-9-14(13)18-19-15/h12H,2-11H2,1H3,(H,17,21)(H,18,19). The zero-order chi connectivity index (χ0) is 14.7.